The molecule has 0 fully saturated rings. The summed E-state index contributed by atoms with van der Waals surface area (Å²) in [5.41, 5.74) is 3.13. The molecule has 2 aliphatic rings. The fraction of sp³-hybridized carbons (Fsp3) is 0.410. The molecule has 0 aliphatic carbocycles. The van der Waals surface area contributed by atoms with Crippen LogP contribution in [0.1, 0.15) is 94.0 Å². The maximum atomic E-state index is 13.9. The first-order valence-corrected chi connectivity index (χ1v) is 17.5. The van der Waals surface area contributed by atoms with Gasteiger partial charge in [0.2, 0.25) is 11.5 Å². The largest absolute Gasteiger partial charge is 0.510 e. The molecule has 6 rings (SSSR count). The molecule has 0 spiro atoms. The van der Waals surface area contributed by atoms with Gasteiger partial charge in [-0.25, -0.2) is 14.6 Å². The number of amides is 1. The van der Waals surface area contributed by atoms with Crippen LogP contribution in [-0.4, -0.2) is 32.7 Å². The molecule has 4 heterocycles. The zero-order valence-electron chi connectivity index (χ0n) is 29.0. The average Bonchev–Trinajstić information content (AvgIpc) is 3.48. The highest BCUT2D eigenvalue weighted by atomic mass is 16.7. The van der Waals surface area contributed by atoms with Crippen molar-refractivity contribution in [3.05, 3.63) is 86.7 Å². The second-order valence-corrected chi connectivity index (χ2v) is 13.0. The van der Waals surface area contributed by atoms with Crippen LogP contribution in [0.15, 0.2) is 53.3 Å². The summed E-state index contributed by atoms with van der Waals surface area (Å²) in [6.07, 6.45) is 4.41. The number of carbonyl (C=O) groups is 3. The van der Waals surface area contributed by atoms with Gasteiger partial charge in [-0.3, -0.25) is 9.59 Å². The number of rotatable bonds is 12. The number of anilines is 1. The Kier molecular flexibility index (Phi) is 9.95. The average molecular weight is 682 g/mol. The second kappa shape index (κ2) is 14.3. The Hall–Kier alpha value is -5.19. The minimum absolute atomic E-state index is 0.0000862. The van der Waals surface area contributed by atoms with E-state index >= 15 is 0 Å². The van der Waals surface area contributed by atoms with Gasteiger partial charge in [0.05, 0.1) is 29.0 Å². The Bertz CT molecular complexity index is 2020. The zero-order valence-corrected chi connectivity index (χ0v) is 29.0. The fourth-order valence-corrected chi connectivity index (χ4v) is 7.11. The minimum atomic E-state index is -1.90. The molecule has 2 atom stereocenters. The number of nitrogens with zero attached hydrogens (tertiary/aromatic N) is 2. The Morgan fingerprint density at radius 1 is 1.04 bits per heavy atom. The highest BCUT2D eigenvalue weighted by Crippen LogP contribution is 2.42. The lowest BCUT2D eigenvalue weighted by molar-refractivity contribution is -0.175. The highest BCUT2D eigenvalue weighted by molar-refractivity contribution is 5.92. The maximum Gasteiger partial charge on any atom is 0.510 e. The van der Waals surface area contributed by atoms with E-state index in [1.54, 1.807) is 60.0 Å². The number of fused-ring (bicyclic) bond motifs is 5. The lowest BCUT2D eigenvalue weighted by Crippen LogP contribution is -2.47. The Morgan fingerprint density at radius 3 is 2.52 bits per heavy atom. The smallest absolute Gasteiger partial charge is 0.508 e. The molecule has 2 unspecified atom stereocenters. The van der Waals surface area contributed by atoms with Crippen molar-refractivity contribution in [2.45, 2.75) is 98.0 Å². The molecule has 2 aliphatic heterocycles. The number of benzene rings is 2. The predicted octanol–water partition coefficient (Wildman–Crippen LogP) is 7.25. The van der Waals surface area contributed by atoms with E-state index in [0.29, 0.717) is 34.6 Å². The fourth-order valence-electron chi connectivity index (χ4n) is 7.11. The van der Waals surface area contributed by atoms with Gasteiger partial charge in [0.15, 0.2) is 0 Å². The van der Waals surface area contributed by atoms with Gasteiger partial charge >= 0.3 is 12.1 Å². The number of cyclic esters (lactones) is 1. The number of phenols is 1. The first-order chi connectivity index (χ1) is 24.1. The van der Waals surface area contributed by atoms with Crippen molar-refractivity contribution in [3.63, 3.8) is 0 Å². The van der Waals surface area contributed by atoms with Crippen LogP contribution < -0.4 is 10.9 Å². The van der Waals surface area contributed by atoms with Crippen molar-refractivity contribution in [1.29, 1.82) is 0 Å². The first kappa shape index (κ1) is 34.7. The van der Waals surface area contributed by atoms with Crippen molar-refractivity contribution >= 4 is 34.6 Å². The molecule has 0 radical (unpaired) electrons. The minimum Gasteiger partial charge on any atom is -0.508 e. The van der Waals surface area contributed by atoms with Crippen LogP contribution in [0.3, 0.4) is 0 Å². The van der Waals surface area contributed by atoms with E-state index in [9.17, 15) is 24.3 Å². The van der Waals surface area contributed by atoms with Gasteiger partial charge in [0.25, 0.3) is 5.56 Å². The number of carbonyl (C=O) groups excluding carboxylic acids is 3. The first-order valence-electron chi connectivity index (χ1n) is 17.5. The number of aryl methyl sites for hydroxylation is 1. The van der Waals surface area contributed by atoms with Crippen molar-refractivity contribution in [2.24, 2.45) is 5.92 Å². The van der Waals surface area contributed by atoms with Crippen LogP contribution in [0.4, 0.5) is 10.5 Å². The number of hydrogen-bond donors (Lipinski definition) is 2. The van der Waals surface area contributed by atoms with Crippen molar-refractivity contribution in [1.82, 2.24) is 9.55 Å². The monoisotopic (exact) mass is 681 g/mol. The second-order valence-electron chi connectivity index (χ2n) is 13.0. The van der Waals surface area contributed by atoms with Gasteiger partial charge in [-0.15, -0.1) is 0 Å². The quantitative estimate of drug-likeness (QED) is 0.103. The summed E-state index contributed by atoms with van der Waals surface area (Å²) in [4.78, 5) is 58.2. The van der Waals surface area contributed by atoms with E-state index in [1.807, 2.05) is 13.8 Å². The topological polar surface area (TPSA) is 146 Å². The SMILES string of the molecule is CCCCCC(CC)C(=O)Nc1ccc(COC(=O)OC2(CC)C(=O)OCc3c2cc2n(c3=O)Cc3c-2nc2ccc(O)cc2c3CC)cc1. The van der Waals surface area contributed by atoms with Crippen LogP contribution in [0.2, 0.25) is 0 Å². The number of pyridine rings is 2. The van der Waals surface area contributed by atoms with E-state index in [1.165, 1.54) is 0 Å². The highest BCUT2D eigenvalue weighted by Gasteiger charge is 2.51. The van der Waals surface area contributed by atoms with Crippen molar-refractivity contribution in [2.75, 3.05) is 5.32 Å². The van der Waals surface area contributed by atoms with Crippen LogP contribution in [0, 0.1) is 5.92 Å². The third-order valence-corrected chi connectivity index (χ3v) is 9.97. The molecular weight excluding hydrogens is 638 g/mol. The van der Waals surface area contributed by atoms with Gasteiger partial charge < -0.3 is 29.2 Å². The van der Waals surface area contributed by atoms with Crippen LogP contribution >= 0.6 is 0 Å². The Labute approximate surface area is 290 Å². The normalized spacial score (nSPS) is 16.6. The number of hydrogen-bond acceptors (Lipinski definition) is 9. The van der Waals surface area contributed by atoms with E-state index < -0.39 is 17.7 Å². The predicted molar refractivity (Wildman–Crippen MR) is 188 cm³/mol. The summed E-state index contributed by atoms with van der Waals surface area (Å²) in [7, 11) is 0. The molecule has 1 amide bonds. The number of ether oxygens (including phenoxy) is 3. The molecule has 2 aromatic heterocycles. The zero-order chi connectivity index (χ0) is 35.6. The van der Waals surface area contributed by atoms with Crippen molar-refractivity contribution in [3.8, 4) is 17.1 Å². The summed E-state index contributed by atoms with van der Waals surface area (Å²) >= 11 is 0. The number of unbranched alkanes of at least 4 members (excludes halogenated alkanes) is 2. The molecule has 2 N–H and O–H groups in total. The number of esters is 1. The molecule has 262 valence electrons. The number of aromatic nitrogens is 2. The van der Waals surface area contributed by atoms with E-state index in [4.69, 9.17) is 19.2 Å². The summed E-state index contributed by atoms with van der Waals surface area (Å²) in [6, 6.07) is 13.7. The van der Waals surface area contributed by atoms with Gasteiger partial charge in [0.1, 0.15) is 19.0 Å². The number of phenolic OH excluding ortho intramolecular Hbond substituents is 1. The Morgan fingerprint density at radius 2 is 1.82 bits per heavy atom. The number of nitrogens with one attached hydrogen (secondary N) is 1. The maximum absolute atomic E-state index is 13.9. The molecule has 11 heteroatoms. The van der Waals surface area contributed by atoms with Gasteiger partial charge in [0, 0.05) is 28.1 Å². The molecular formula is C39H43N3O8. The van der Waals surface area contributed by atoms with Crippen LogP contribution in [0.25, 0.3) is 22.3 Å². The van der Waals surface area contributed by atoms with E-state index in [2.05, 4.69) is 12.2 Å². The van der Waals surface area contributed by atoms with Gasteiger partial charge in [-0.1, -0.05) is 59.1 Å². The molecule has 0 saturated heterocycles. The number of aromatic hydroxyl groups is 1. The van der Waals surface area contributed by atoms with E-state index in [0.717, 1.165) is 48.6 Å². The molecule has 0 saturated carbocycles. The Balaban J connectivity index is 1.21. The van der Waals surface area contributed by atoms with Crippen molar-refractivity contribution < 1.29 is 33.7 Å². The lowest BCUT2D eigenvalue weighted by atomic mass is 9.85. The molecule has 0 bridgehead atoms. The van der Waals surface area contributed by atoms with Crippen LogP contribution in [0.5, 0.6) is 5.75 Å². The summed E-state index contributed by atoms with van der Waals surface area (Å²) in [5, 5.41) is 13.9. The lowest BCUT2D eigenvalue weighted by Gasteiger charge is -2.35. The van der Waals surface area contributed by atoms with Crippen LogP contribution in [-0.2, 0) is 55.6 Å². The molecule has 50 heavy (non-hydrogen) atoms. The molecule has 2 aromatic carbocycles. The molecule has 11 nitrogen and oxygen atoms in total. The summed E-state index contributed by atoms with van der Waals surface area (Å²) < 4.78 is 18.3. The molecule has 4 aromatic rings. The third-order valence-electron chi connectivity index (χ3n) is 9.97. The van der Waals surface area contributed by atoms with Gasteiger partial charge in [-0.2, -0.15) is 0 Å². The van der Waals surface area contributed by atoms with Gasteiger partial charge in [-0.05, 0) is 73.2 Å². The third kappa shape index (κ3) is 6.32. The standard InChI is InChI=1S/C39H43N3O8/c1-5-9-10-11-24(6-2)35(44)40-25-14-12-23(13-15-25)21-49-38(47)50-39(8-4)31-19-33-34-29(20-42(33)36(45)30(31)22-48-37(39)46)27(7-3)28-18-26(43)16-17-32(28)41-34/h12-19,24,43H,5-11,20-22H2,1-4H3,(H,40,44). The summed E-state index contributed by atoms with van der Waals surface area (Å²) in [5.74, 6) is -0.717. The van der Waals surface area contributed by atoms with E-state index in [-0.39, 0.29) is 60.4 Å². The summed E-state index contributed by atoms with van der Waals surface area (Å²) in [6.45, 7) is 7.71.